The first-order valence-corrected chi connectivity index (χ1v) is 4.83. The van der Waals surface area contributed by atoms with Gasteiger partial charge >= 0.3 is 5.97 Å². The summed E-state index contributed by atoms with van der Waals surface area (Å²) < 4.78 is 5.01. The van der Waals surface area contributed by atoms with Gasteiger partial charge in [-0.15, -0.1) is 0 Å². The van der Waals surface area contributed by atoms with Crippen LogP contribution in [0.2, 0.25) is 0 Å². The molecule has 1 atom stereocenters. The molecule has 88 valence electrons. The monoisotopic (exact) mass is 217 g/mol. The van der Waals surface area contributed by atoms with Gasteiger partial charge in [0.05, 0.1) is 0 Å². The van der Waals surface area contributed by atoms with Crippen LogP contribution in [0.1, 0.15) is 27.2 Å². The van der Waals surface area contributed by atoms with Crippen molar-refractivity contribution in [3.8, 4) is 0 Å². The van der Waals surface area contributed by atoms with Gasteiger partial charge in [-0.2, -0.15) is 0 Å². The lowest BCUT2D eigenvalue weighted by Gasteiger charge is -2.31. The minimum atomic E-state index is -1.000. The summed E-state index contributed by atoms with van der Waals surface area (Å²) in [7, 11) is 2.90. The predicted molar refractivity (Wildman–Crippen MR) is 55.6 cm³/mol. The van der Waals surface area contributed by atoms with Gasteiger partial charge in [-0.05, 0) is 20.3 Å². The average Bonchev–Trinajstić information content (AvgIpc) is 2.16. The SMILES string of the molecule is CCC(C(=O)O)N(C)C(=O)C(C)(C)OC. The van der Waals surface area contributed by atoms with Gasteiger partial charge in [0.15, 0.2) is 0 Å². The number of carbonyl (C=O) groups is 2. The van der Waals surface area contributed by atoms with E-state index in [9.17, 15) is 9.59 Å². The van der Waals surface area contributed by atoms with Gasteiger partial charge < -0.3 is 14.7 Å². The number of carboxylic acid groups (broad SMARTS) is 1. The van der Waals surface area contributed by atoms with Crippen LogP contribution in [0.25, 0.3) is 0 Å². The molecule has 0 saturated carbocycles. The fraction of sp³-hybridized carbons (Fsp3) is 0.800. The Morgan fingerprint density at radius 2 is 1.93 bits per heavy atom. The third-order valence-corrected chi connectivity index (χ3v) is 2.48. The van der Waals surface area contributed by atoms with Crippen LogP contribution in [0.4, 0.5) is 0 Å². The van der Waals surface area contributed by atoms with Gasteiger partial charge in [0, 0.05) is 14.2 Å². The third kappa shape index (κ3) is 3.20. The van der Waals surface area contributed by atoms with E-state index >= 15 is 0 Å². The Balaban J connectivity index is 4.77. The molecular weight excluding hydrogens is 198 g/mol. The number of rotatable bonds is 5. The van der Waals surface area contributed by atoms with Crippen molar-refractivity contribution in [1.82, 2.24) is 4.90 Å². The summed E-state index contributed by atoms with van der Waals surface area (Å²) in [5.41, 5.74) is -0.988. The van der Waals surface area contributed by atoms with Crippen molar-refractivity contribution >= 4 is 11.9 Å². The van der Waals surface area contributed by atoms with E-state index in [-0.39, 0.29) is 5.91 Å². The van der Waals surface area contributed by atoms with Crippen molar-refractivity contribution in [2.24, 2.45) is 0 Å². The lowest BCUT2D eigenvalue weighted by Crippen LogP contribution is -2.51. The summed E-state index contributed by atoms with van der Waals surface area (Å²) in [6.07, 6.45) is 0.372. The highest BCUT2D eigenvalue weighted by Crippen LogP contribution is 2.14. The molecule has 1 unspecified atom stereocenters. The molecule has 0 aromatic carbocycles. The zero-order chi connectivity index (χ0) is 12.2. The first kappa shape index (κ1) is 13.9. The number of nitrogens with zero attached hydrogens (tertiary/aromatic N) is 1. The molecule has 0 saturated heterocycles. The van der Waals surface area contributed by atoms with Gasteiger partial charge in [0.1, 0.15) is 11.6 Å². The fourth-order valence-corrected chi connectivity index (χ4v) is 1.27. The maximum atomic E-state index is 11.8. The molecule has 0 aliphatic heterocycles. The van der Waals surface area contributed by atoms with E-state index < -0.39 is 17.6 Å². The van der Waals surface area contributed by atoms with Crippen LogP contribution in [-0.2, 0) is 14.3 Å². The Bertz CT molecular complexity index is 250. The van der Waals surface area contributed by atoms with Gasteiger partial charge in [0.25, 0.3) is 5.91 Å². The zero-order valence-corrected chi connectivity index (χ0v) is 9.90. The van der Waals surface area contributed by atoms with Crippen LogP contribution >= 0.6 is 0 Å². The maximum Gasteiger partial charge on any atom is 0.326 e. The molecule has 0 radical (unpaired) electrons. The average molecular weight is 217 g/mol. The highest BCUT2D eigenvalue weighted by atomic mass is 16.5. The molecule has 1 amide bonds. The number of hydrogen-bond donors (Lipinski definition) is 1. The van der Waals surface area contributed by atoms with Crippen molar-refractivity contribution in [3.05, 3.63) is 0 Å². The Kier molecular flexibility index (Phi) is 4.74. The normalized spacial score (nSPS) is 13.4. The van der Waals surface area contributed by atoms with Gasteiger partial charge in [0.2, 0.25) is 0 Å². The van der Waals surface area contributed by atoms with Crippen LogP contribution in [0.3, 0.4) is 0 Å². The number of carbonyl (C=O) groups excluding carboxylic acids is 1. The zero-order valence-electron chi connectivity index (χ0n) is 9.90. The molecule has 0 bridgehead atoms. The second kappa shape index (κ2) is 5.11. The van der Waals surface area contributed by atoms with Crippen LogP contribution in [0.5, 0.6) is 0 Å². The van der Waals surface area contributed by atoms with Crippen LogP contribution in [0.15, 0.2) is 0 Å². The van der Waals surface area contributed by atoms with E-state index in [1.165, 1.54) is 19.1 Å². The van der Waals surface area contributed by atoms with E-state index in [1.807, 2.05) is 0 Å². The molecule has 0 heterocycles. The number of methoxy groups -OCH3 is 1. The Morgan fingerprint density at radius 3 is 2.20 bits per heavy atom. The minimum absolute atomic E-state index is 0.334. The maximum absolute atomic E-state index is 11.8. The molecule has 15 heavy (non-hydrogen) atoms. The molecule has 1 N–H and O–H groups in total. The minimum Gasteiger partial charge on any atom is -0.480 e. The van der Waals surface area contributed by atoms with E-state index in [2.05, 4.69) is 0 Å². The third-order valence-electron chi connectivity index (χ3n) is 2.48. The van der Waals surface area contributed by atoms with Crippen LogP contribution in [-0.4, -0.2) is 47.7 Å². The highest BCUT2D eigenvalue weighted by molar-refractivity contribution is 5.88. The van der Waals surface area contributed by atoms with Crippen molar-refractivity contribution in [1.29, 1.82) is 0 Å². The standard InChI is InChI=1S/C10H19NO4/c1-6-7(8(12)13)11(4)9(14)10(2,3)15-5/h7H,6H2,1-5H3,(H,12,13). The largest absolute Gasteiger partial charge is 0.480 e. The first-order valence-electron chi connectivity index (χ1n) is 4.83. The summed E-state index contributed by atoms with van der Waals surface area (Å²) in [4.78, 5) is 23.9. The summed E-state index contributed by atoms with van der Waals surface area (Å²) in [6.45, 7) is 4.95. The molecule has 0 fully saturated rings. The van der Waals surface area contributed by atoms with E-state index in [4.69, 9.17) is 9.84 Å². The Morgan fingerprint density at radius 1 is 1.47 bits per heavy atom. The quantitative estimate of drug-likeness (QED) is 0.737. The Labute approximate surface area is 90.0 Å². The number of hydrogen-bond acceptors (Lipinski definition) is 3. The van der Waals surface area contributed by atoms with Gasteiger partial charge in [-0.1, -0.05) is 6.92 Å². The number of carboxylic acids is 1. The number of ether oxygens (including phenoxy) is 1. The summed E-state index contributed by atoms with van der Waals surface area (Å²) in [5.74, 6) is -1.33. The van der Waals surface area contributed by atoms with Crippen molar-refractivity contribution in [3.63, 3.8) is 0 Å². The van der Waals surface area contributed by atoms with Crippen molar-refractivity contribution in [2.45, 2.75) is 38.8 Å². The molecule has 0 rings (SSSR count). The number of aliphatic carboxylic acids is 1. The second-order valence-corrected chi connectivity index (χ2v) is 3.89. The molecule has 0 aliphatic rings. The Hall–Kier alpha value is -1.10. The number of likely N-dealkylation sites (N-methyl/N-ethyl adjacent to an activating group) is 1. The van der Waals surface area contributed by atoms with Crippen LogP contribution in [0, 0.1) is 0 Å². The molecular formula is C10H19NO4. The van der Waals surface area contributed by atoms with E-state index in [0.717, 1.165) is 0 Å². The van der Waals surface area contributed by atoms with Crippen LogP contribution < -0.4 is 0 Å². The van der Waals surface area contributed by atoms with Gasteiger partial charge in [-0.3, -0.25) is 4.79 Å². The van der Waals surface area contributed by atoms with E-state index in [1.54, 1.807) is 20.8 Å². The first-order chi connectivity index (χ1) is 6.77. The van der Waals surface area contributed by atoms with E-state index in [0.29, 0.717) is 6.42 Å². The highest BCUT2D eigenvalue weighted by Gasteiger charge is 2.35. The lowest BCUT2D eigenvalue weighted by molar-refractivity contribution is -0.159. The summed E-state index contributed by atoms with van der Waals surface area (Å²) in [5, 5.41) is 8.90. The fourth-order valence-electron chi connectivity index (χ4n) is 1.27. The smallest absolute Gasteiger partial charge is 0.326 e. The topological polar surface area (TPSA) is 66.8 Å². The van der Waals surface area contributed by atoms with Crippen molar-refractivity contribution in [2.75, 3.05) is 14.2 Å². The molecule has 0 aromatic rings. The molecule has 5 nitrogen and oxygen atoms in total. The lowest BCUT2D eigenvalue weighted by atomic mass is 10.1. The molecule has 0 aliphatic carbocycles. The predicted octanol–water partition coefficient (Wildman–Crippen LogP) is 0.733. The van der Waals surface area contributed by atoms with Crippen molar-refractivity contribution < 1.29 is 19.4 Å². The van der Waals surface area contributed by atoms with Gasteiger partial charge in [-0.25, -0.2) is 4.79 Å². The summed E-state index contributed by atoms with van der Waals surface area (Å²) >= 11 is 0. The molecule has 5 heteroatoms. The molecule has 0 spiro atoms. The number of amides is 1. The summed E-state index contributed by atoms with van der Waals surface area (Å²) in [6, 6.07) is -0.799. The second-order valence-electron chi connectivity index (χ2n) is 3.89. The molecule has 0 aromatic heterocycles.